The van der Waals surface area contributed by atoms with Gasteiger partial charge in [-0.25, -0.2) is 17.9 Å². The number of carbonyl (C=O) groups excluding carboxylic acids is 2. The first-order chi connectivity index (χ1) is 10.9. The Hall–Kier alpha value is -2.13. The molecule has 1 aliphatic heterocycles. The molecule has 1 heterocycles. The maximum Gasteiger partial charge on any atom is 0.328 e. The van der Waals surface area contributed by atoms with Gasteiger partial charge in [0, 0.05) is 19.6 Å². The van der Waals surface area contributed by atoms with Crippen molar-refractivity contribution >= 4 is 22.0 Å². The summed E-state index contributed by atoms with van der Waals surface area (Å²) in [6, 6.07) is 5.33. The summed E-state index contributed by atoms with van der Waals surface area (Å²) in [4.78, 5) is 24.7. The van der Waals surface area contributed by atoms with Gasteiger partial charge >= 0.3 is 6.03 Å². The van der Waals surface area contributed by atoms with Crippen molar-refractivity contribution in [1.82, 2.24) is 14.9 Å². The normalized spacial score (nSPS) is 15.3. The van der Waals surface area contributed by atoms with Crippen LogP contribution >= 0.6 is 0 Å². The van der Waals surface area contributed by atoms with E-state index in [2.05, 4.69) is 5.32 Å². The van der Waals surface area contributed by atoms with Gasteiger partial charge in [-0.05, 0) is 19.1 Å². The molecule has 3 amide bonds. The van der Waals surface area contributed by atoms with Crippen LogP contribution in [0.25, 0.3) is 0 Å². The van der Waals surface area contributed by atoms with Crippen molar-refractivity contribution in [3.05, 3.63) is 29.8 Å². The molecule has 8 nitrogen and oxygen atoms in total. The second-order valence-electron chi connectivity index (χ2n) is 5.11. The minimum Gasteiger partial charge on any atom is -0.370 e. The zero-order valence-corrected chi connectivity index (χ0v) is 13.6. The van der Waals surface area contributed by atoms with Crippen LogP contribution in [0.5, 0.6) is 0 Å². The minimum atomic E-state index is -3.90. The molecular formula is C14H19N3O5S. The molecule has 1 fully saturated rings. The number of sulfonamides is 1. The van der Waals surface area contributed by atoms with Gasteiger partial charge in [-0.15, -0.1) is 0 Å². The van der Waals surface area contributed by atoms with E-state index in [1.165, 1.54) is 12.1 Å². The number of hydrogen-bond donors (Lipinski definition) is 2. The highest BCUT2D eigenvalue weighted by Crippen LogP contribution is 2.09. The number of aryl methyl sites for hydroxylation is 1. The number of morpholine rings is 1. The molecule has 126 valence electrons. The molecule has 1 aromatic rings. The van der Waals surface area contributed by atoms with Crippen LogP contribution < -0.4 is 10.0 Å². The SMILES string of the molecule is Cc1ccc(S(=O)(=O)NC(=O)NCCN2CCOCC2=O)cc1. The molecule has 1 aromatic carbocycles. The van der Waals surface area contributed by atoms with Crippen molar-refractivity contribution < 1.29 is 22.7 Å². The highest BCUT2D eigenvalue weighted by atomic mass is 32.2. The topological polar surface area (TPSA) is 105 Å². The lowest BCUT2D eigenvalue weighted by Gasteiger charge is -2.26. The molecule has 0 atom stereocenters. The van der Waals surface area contributed by atoms with E-state index in [1.807, 2.05) is 11.6 Å². The van der Waals surface area contributed by atoms with Crippen LogP contribution in [0, 0.1) is 6.92 Å². The number of nitrogens with zero attached hydrogens (tertiary/aromatic N) is 1. The standard InChI is InChI=1S/C14H19N3O5S/c1-11-2-4-12(5-3-11)23(20,21)16-14(19)15-6-7-17-8-9-22-10-13(17)18/h2-5H,6-10H2,1H3,(H2,15,16,19). The summed E-state index contributed by atoms with van der Waals surface area (Å²) in [7, 11) is -3.90. The molecule has 0 unspecified atom stereocenters. The molecule has 0 aromatic heterocycles. The van der Waals surface area contributed by atoms with Crippen molar-refractivity contribution in [3.63, 3.8) is 0 Å². The van der Waals surface area contributed by atoms with Gasteiger partial charge in [0.05, 0.1) is 11.5 Å². The Labute approximate surface area is 134 Å². The predicted molar refractivity (Wildman–Crippen MR) is 82.3 cm³/mol. The highest BCUT2D eigenvalue weighted by Gasteiger charge is 2.19. The van der Waals surface area contributed by atoms with Gasteiger partial charge in [-0.3, -0.25) is 4.79 Å². The minimum absolute atomic E-state index is 0.0154. The average molecular weight is 341 g/mol. The lowest BCUT2D eigenvalue weighted by atomic mass is 10.2. The van der Waals surface area contributed by atoms with Crippen LogP contribution in [-0.4, -0.2) is 58.1 Å². The lowest BCUT2D eigenvalue weighted by molar-refractivity contribution is -0.142. The molecule has 0 saturated carbocycles. The van der Waals surface area contributed by atoms with Crippen molar-refractivity contribution in [1.29, 1.82) is 0 Å². The van der Waals surface area contributed by atoms with Gasteiger partial charge in [0.2, 0.25) is 5.91 Å². The van der Waals surface area contributed by atoms with Crippen molar-refractivity contribution in [2.45, 2.75) is 11.8 Å². The third kappa shape index (κ3) is 4.93. The maximum atomic E-state index is 12.0. The first-order valence-electron chi connectivity index (χ1n) is 7.11. The van der Waals surface area contributed by atoms with E-state index in [4.69, 9.17) is 4.74 Å². The summed E-state index contributed by atoms with van der Waals surface area (Å²) in [5.74, 6) is -0.147. The Kier molecular flexibility index (Phi) is 5.56. The first kappa shape index (κ1) is 17.2. The molecule has 0 bridgehead atoms. The van der Waals surface area contributed by atoms with Crippen molar-refractivity contribution in [3.8, 4) is 0 Å². The van der Waals surface area contributed by atoms with Gasteiger partial charge in [0.1, 0.15) is 6.61 Å². The van der Waals surface area contributed by atoms with Crippen LogP contribution in [0.2, 0.25) is 0 Å². The summed E-state index contributed by atoms with van der Waals surface area (Å²) >= 11 is 0. The Morgan fingerprint density at radius 1 is 1.30 bits per heavy atom. The maximum absolute atomic E-state index is 12.0. The largest absolute Gasteiger partial charge is 0.370 e. The van der Waals surface area contributed by atoms with E-state index < -0.39 is 16.1 Å². The van der Waals surface area contributed by atoms with Gasteiger partial charge in [0.25, 0.3) is 10.0 Å². The zero-order valence-electron chi connectivity index (χ0n) is 12.7. The molecule has 2 N–H and O–H groups in total. The van der Waals surface area contributed by atoms with Gasteiger partial charge in [0.15, 0.2) is 0 Å². The van der Waals surface area contributed by atoms with Crippen LogP contribution in [0.4, 0.5) is 4.79 Å². The van der Waals surface area contributed by atoms with E-state index in [9.17, 15) is 18.0 Å². The molecule has 2 rings (SSSR count). The third-order valence-corrected chi connectivity index (χ3v) is 4.66. The van der Waals surface area contributed by atoms with Gasteiger partial charge in [-0.1, -0.05) is 17.7 Å². The molecular weight excluding hydrogens is 322 g/mol. The van der Waals surface area contributed by atoms with E-state index in [1.54, 1.807) is 17.0 Å². The summed E-state index contributed by atoms with van der Waals surface area (Å²) in [6.45, 7) is 3.25. The summed E-state index contributed by atoms with van der Waals surface area (Å²) in [5.41, 5.74) is 0.920. The Morgan fingerprint density at radius 2 is 2.00 bits per heavy atom. The average Bonchev–Trinajstić information content (AvgIpc) is 2.49. The number of hydrogen-bond acceptors (Lipinski definition) is 5. The summed E-state index contributed by atoms with van der Waals surface area (Å²) < 4.78 is 31.0. The van der Waals surface area contributed by atoms with E-state index in [-0.39, 0.29) is 24.0 Å². The fourth-order valence-corrected chi connectivity index (χ4v) is 2.95. The number of ether oxygens (including phenoxy) is 1. The molecule has 1 aliphatic rings. The summed E-state index contributed by atoms with van der Waals surface area (Å²) in [6.07, 6.45) is 0. The number of amides is 3. The second kappa shape index (κ2) is 7.42. The Morgan fingerprint density at radius 3 is 2.65 bits per heavy atom. The third-order valence-electron chi connectivity index (χ3n) is 3.31. The molecule has 0 aliphatic carbocycles. The highest BCUT2D eigenvalue weighted by molar-refractivity contribution is 7.90. The number of carbonyl (C=O) groups is 2. The Bertz CT molecular complexity index is 672. The van der Waals surface area contributed by atoms with Crippen LogP contribution in [0.15, 0.2) is 29.2 Å². The predicted octanol–water partition coefficient (Wildman–Crippen LogP) is -0.158. The lowest BCUT2D eigenvalue weighted by Crippen LogP contribution is -2.47. The number of nitrogens with one attached hydrogen (secondary N) is 2. The molecule has 1 saturated heterocycles. The molecule has 0 radical (unpaired) electrons. The van der Waals surface area contributed by atoms with Crippen LogP contribution in [-0.2, 0) is 19.6 Å². The smallest absolute Gasteiger partial charge is 0.328 e. The first-order valence-corrected chi connectivity index (χ1v) is 8.59. The Balaban J connectivity index is 1.82. The van der Waals surface area contributed by atoms with Crippen LogP contribution in [0.1, 0.15) is 5.56 Å². The molecule has 23 heavy (non-hydrogen) atoms. The number of benzene rings is 1. The number of rotatable bonds is 5. The number of urea groups is 1. The second-order valence-corrected chi connectivity index (χ2v) is 6.79. The fraction of sp³-hybridized carbons (Fsp3) is 0.429. The zero-order chi connectivity index (χ0) is 16.9. The van der Waals surface area contributed by atoms with E-state index in [0.29, 0.717) is 19.7 Å². The summed E-state index contributed by atoms with van der Waals surface area (Å²) in [5, 5.41) is 2.42. The van der Waals surface area contributed by atoms with E-state index >= 15 is 0 Å². The fourth-order valence-electron chi connectivity index (χ4n) is 2.03. The van der Waals surface area contributed by atoms with Crippen molar-refractivity contribution in [2.75, 3.05) is 32.8 Å². The molecule has 9 heteroatoms. The van der Waals surface area contributed by atoms with Gasteiger partial charge < -0.3 is 15.0 Å². The van der Waals surface area contributed by atoms with E-state index in [0.717, 1.165) is 5.56 Å². The monoisotopic (exact) mass is 341 g/mol. The molecule has 0 spiro atoms. The van der Waals surface area contributed by atoms with Gasteiger partial charge in [-0.2, -0.15) is 0 Å². The van der Waals surface area contributed by atoms with Crippen LogP contribution in [0.3, 0.4) is 0 Å². The van der Waals surface area contributed by atoms with Crippen molar-refractivity contribution in [2.24, 2.45) is 0 Å². The quantitative estimate of drug-likeness (QED) is 0.774.